The van der Waals surface area contributed by atoms with Gasteiger partial charge in [0.25, 0.3) is 0 Å². The SMILES string of the molecule is CCCOc1ccccc1[C@H]1Oc2ccccc2[C@H]2CC(c3cccs3)=NN21. The van der Waals surface area contributed by atoms with Crippen molar-refractivity contribution in [2.24, 2.45) is 5.10 Å². The van der Waals surface area contributed by atoms with E-state index in [0.29, 0.717) is 6.61 Å². The maximum Gasteiger partial charge on any atom is 0.217 e. The van der Waals surface area contributed by atoms with E-state index in [1.54, 1.807) is 11.3 Å². The molecule has 0 unspecified atom stereocenters. The van der Waals surface area contributed by atoms with Gasteiger partial charge in [0.05, 0.1) is 28.8 Å². The molecule has 0 amide bonds. The Morgan fingerprint density at radius 3 is 2.71 bits per heavy atom. The largest absolute Gasteiger partial charge is 0.493 e. The first-order chi connectivity index (χ1) is 13.8. The lowest BCUT2D eigenvalue weighted by atomic mass is 9.97. The molecule has 0 N–H and O–H groups in total. The first-order valence-corrected chi connectivity index (χ1v) is 10.6. The van der Waals surface area contributed by atoms with Gasteiger partial charge in [-0.05, 0) is 36.1 Å². The van der Waals surface area contributed by atoms with Gasteiger partial charge in [-0.3, -0.25) is 0 Å². The van der Waals surface area contributed by atoms with Crippen LogP contribution in [-0.4, -0.2) is 17.3 Å². The zero-order chi connectivity index (χ0) is 18.9. The Balaban J connectivity index is 1.58. The summed E-state index contributed by atoms with van der Waals surface area (Å²) in [4.78, 5) is 1.22. The Morgan fingerprint density at radius 1 is 1.07 bits per heavy atom. The summed E-state index contributed by atoms with van der Waals surface area (Å²) >= 11 is 1.74. The van der Waals surface area contributed by atoms with Gasteiger partial charge < -0.3 is 9.47 Å². The lowest BCUT2D eigenvalue weighted by Gasteiger charge is -2.38. The van der Waals surface area contributed by atoms with Crippen LogP contribution in [0.15, 0.2) is 71.1 Å². The van der Waals surface area contributed by atoms with Crippen molar-refractivity contribution < 1.29 is 9.47 Å². The molecule has 0 bridgehead atoms. The minimum Gasteiger partial charge on any atom is -0.493 e. The van der Waals surface area contributed by atoms with E-state index in [4.69, 9.17) is 14.6 Å². The van der Waals surface area contributed by atoms with Gasteiger partial charge in [0.1, 0.15) is 11.5 Å². The molecular formula is C23H22N2O2S. The predicted molar refractivity (Wildman–Crippen MR) is 112 cm³/mol. The van der Waals surface area contributed by atoms with E-state index in [-0.39, 0.29) is 12.3 Å². The minimum absolute atomic E-state index is 0.172. The van der Waals surface area contributed by atoms with Gasteiger partial charge in [-0.15, -0.1) is 11.3 Å². The molecule has 28 heavy (non-hydrogen) atoms. The zero-order valence-electron chi connectivity index (χ0n) is 15.7. The van der Waals surface area contributed by atoms with Crippen molar-refractivity contribution in [3.63, 3.8) is 0 Å². The fourth-order valence-corrected chi connectivity index (χ4v) is 4.58. The number of thiophene rings is 1. The quantitative estimate of drug-likeness (QED) is 0.554. The Bertz CT molecular complexity index is 999. The molecular weight excluding hydrogens is 368 g/mol. The number of hydrazone groups is 1. The predicted octanol–water partition coefficient (Wildman–Crippen LogP) is 5.78. The molecule has 0 aliphatic carbocycles. The minimum atomic E-state index is -0.301. The van der Waals surface area contributed by atoms with Crippen molar-refractivity contribution >= 4 is 17.0 Å². The number of fused-ring (bicyclic) bond motifs is 3. The van der Waals surface area contributed by atoms with Crippen molar-refractivity contribution in [3.8, 4) is 11.5 Å². The maximum atomic E-state index is 6.46. The molecule has 1 aromatic heterocycles. The van der Waals surface area contributed by atoms with E-state index >= 15 is 0 Å². The molecule has 2 aliphatic heterocycles. The molecule has 0 spiro atoms. The summed E-state index contributed by atoms with van der Waals surface area (Å²) in [5.41, 5.74) is 3.34. The average molecular weight is 391 g/mol. The smallest absolute Gasteiger partial charge is 0.217 e. The van der Waals surface area contributed by atoms with E-state index in [9.17, 15) is 0 Å². The summed E-state index contributed by atoms with van der Waals surface area (Å²) in [6.45, 7) is 2.80. The summed E-state index contributed by atoms with van der Waals surface area (Å²) in [5.74, 6) is 1.80. The second-order valence-electron chi connectivity index (χ2n) is 7.02. The standard InChI is InChI=1S/C23H22N2O2S/c1-2-13-26-20-10-5-4-9-17(20)23-25-19(16-8-3-6-11-21(16)27-23)15-18(24-25)22-12-7-14-28-22/h3-12,14,19,23H,2,13,15H2,1H3/t19-,23-/m1/s1. The van der Waals surface area contributed by atoms with Crippen LogP contribution in [0.2, 0.25) is 0 Å². The van der Waals surface area contributed by atoms with E-state index in [2.05, 4.69) is 53.7 Å². The maximum absolute atomic E-state index is 6.46. The first-order valence-electron chi connectivity index (χ1n) is 9.72. The van der Waals surface area contributed by atoms with Crippen LogP contribution in [-0.2, 0) is 0 Å². The van der Waals surface area contributed by atoms with E-state index < -0.39 is 0 Å². The second kappa shape index (κ2) is 7.32. The number of hydrogen-bond donors (Lipinski definition) is 0. The highest BCUT2D eigenvalue weighted by Crippen LogP contribution is 2.48. The number of rotatable bonds is 5. The van der Waals surface area contributed by atoms with Gasteiger partial charge in [-0.25, -0.2) is 5.01 Å². The van der Waals surface area contributed by atoms with Crippen molar-refractivity contribution in [2.75, 3.05) is 6.61 Å². The van der Waals surface area contributed by atoms with E-state index in [1.807, 2.05) is 24.3 Å². The second-order valence-corrected chi connectivity index (χ2v) is 7.97. The van der Waals surface area contributed by atoms with Crippen LogP contribution in [0.5, 0.6) is 11.5 Å². The van der Waals surface area contributed by atoms with E-state index in [1.165, 1.54) is 10.4 Å². The van der Waals surface area contributed by atoms with Crippen LogP contribution in [0.25, 0.3) is 0 Å². The summed E-state index contributed by atoms with van der Waals surface area (Å²) in [7, 11) is 0. The topological polar surface area (TPSA) is 34.1 Å². The third kappa shape index (κ3) is 2.96. The number of nitrogens with zero attached hydrogens (tertiary/aromatic N) is 2. The monoisotopic (exact) mass is 390 g/mol. The summed E-state index contributed by atoms with van der Waals surface area (Å²) in [6.07, 6.45) is 1.55. The molecule has 0 saturated carbocycles. The Kier molecular flexibility index (Phi) is 4.53. The number of para-hydroxylation sites is 2. The van der Waals surface area contributed by atoms with Crippen LogP contribution in [0.1, 0.15) is 48.0 Å². The molecule has 2 aromatic carbocycles. The fraction of sp³-hybridized carbons (Fsp3) is 0.261. The van der Waals surface area contributed by atoms with Crippen molar-refractivity contribution in [2.45, 2.75) is 32.0 Å². The third-order valence-electron chi connectivity index (χ3n) is 5.15. The fourth-order valence-electron chi connectivity index (χ4n) is 3.86. The normalized spacial score (nSPS) is 20.2. The third-order valence-corrected chi connectivity index (χ3v) is 6.07. The van der Waals surface area contributed by atoms with E-state index in [0.717, 1.165) is 35.6 Å². The van der Waals surface area contributed by atoms with Gasteiger partial charge >= 0.3 is 0 Å². The summed E-state index contributed by atoms with van der Waals surface area (Å²) in [6, 6.07) is 20.8. The highest BCUT2D eigenvalue weighted by Gasteiger charge is 2.41. The molecule has 2 atom stereocenters. The van der Waals surface area contributed by atoms with Gasteiger partial charge in [0, 0.05) is 12.0 Å². The first kappa shape index (κ1) is 17.3. The van der Waals surface area contributed by atoms with Gasteiger partial charge in [0.2, 0.25) is 6.23 Å². The van der Waals surface area contributed by atoms with Crippen molar-refractivity contribution in [1.29, 1.82) is 0 Å². The Hall–Kier alpha value is -2.79. The van der Waals surface area contributed by atoms with Gasteiger partial charge in [-0.2, -0.15) is 5.10 Å². The molecule has 142 valence electrons. The molecule has 3 aromatic rings. The van der Waals surface area contributed by atoms with Crippen molar-refractivity contribution in [3.05, 3.63) is 82.0 Å². The van der Waals surface area contributed by atoms with Crippen LogP contribution >= 0.6 is 11.3 Å². The van der Waals surface area contributed by atoms with Crippen LogP contribution in [0, 0.1) is 0 Å². The van der Waals surface area contributed by atoms with Crippen LogP contribution in [0.3, 0.4) is 0 Å². The van der Waals surface area contributed by atoms with Crippen molar-refractivity contribution in [1.82, 2.24) is 5.01 Å². The highest BCUT2D eigenvalue weighted by atomic mass is 32.1. The Labute approximate surface area is 169 Å². The zero-order valence-corrected chi connectivity index (χ0v) is 16.6. The number of benzene rings is 2. The van der Waals surface area contributed by atoms with Gasteiger partial charge in [0.15, 0.2) is 0 Å². The molecule has 5 rings (SSSR count). The lowest BCUT2D eigenvalue weighted by Crippen LogP contribution is -2.34. The van der Waals surface area contributed by atoms with Crippen LogP contribution in [0.4, 0.5) is 0 Å². The molecule has 0 radical (unpaired) electrons. The summed E-state index contributed by atoms with van der Waals surface area (Å²) in [5, 5.41) is 9.23. The lowest BCUT2D eigenvalue weighted by molar-refractivity contribution is -0.0206. The van der Waals surface area contributed by atoms with Gasteiger partial charge in [-0.1, -0.05) is 43.3 Å². The van der Waals surface area contributed by atoms with Crippen LogP contribution < -0.4 is 9.47 Å². The molecule has 3 heterocycles. The average Bonchev–Trinajstić information content (AvgIpc) is 3.42. The molecule has 2 aliphatic rings. The number of ether oxygens (including phenoxy) is 2. The molecule has 5 heteroatoms. The highest BCUT2D eigenvalue weighted by molar-refractivity contribution is 7.12. The molecule has 0 fully saturated rings. The molecule has 4 nitrogen and oxygen atoms in total. The summed E-state index contributed by atoms with van der Waals surface area (Å²) < 4.78 is 12.5. The Morgan fingerprint density at radius 2 is 1.89 bits per heavy atom. The number of hydrogen-bond acceptors (Lipinski definition) is 5. The molecule has 0 saturated heterocycles.